The lowest BCUT2D eigenvalue weighted by Crippen LogP contribution is -1.94. The molecule has 0 amide bonds. The van der Waals surface area contributed by atoms with E-state index in [0.29, 0.717) is 17.3 Å². The molecule has 0 atom stereocenters. The van der Waals surface area contributed by atoms with E-state index in [-0.39, 0.29) is 0 Å². The highest BCUT2D eigenvalue weighted by Gasteiger charge is 2.00. The van der Waals surface area contributed by atoms with Crippen molar-refractivity contribution in [3.05, 3.63) is 28.3 Å². The first-order valence-electron chi connectivity index (χ1n) is 3.89. The number of anilines is 1. The van der Waals surface area contributed by atoms with E-state index in [1.807, 2.05) is 13.0 Å². The van der Waals surface area contributed by atoms with E-state index in [0.717, 1.165) is 11.1 Å². The molecule has 0 bridgehead atoms. The summed E-state index contributed by atoms with van der Waals surface area (Å²) in [5.74, 6) is 5.65. The van der Waals surface area contributed by atoms with E-state index < -0.39 is 0 Å². The van der Waals surface area contributed by atoms with Gasteiger partial charge in [-0.15, -0.1) is 0 Å². The fraction of sp³-hybridized carbons (Fsp3) is 0.200. The van der Waals surface area contributed by atoms with Crippen LogP contribution < -0.4 is 11.5 Å². The second-order valence-electron chi connectivity index (χ2n) is 2.69. The smallest absolute Gasteiger partial charge is 0.0650 e. The van der Waals surface area contributed by atoms with Crippen LogP contribution in [0.5, 0.6) is 0 Å². The van der Waals surface area contributed by atoms with E-state index in [1.54, 1.807) is 6.07 Å². The van der Waals surface area contributed by atoms with Gasteiger partial charge in [0.2, 0.25) is 0 Å². The van der Waals surface area contributed by atoms with Gasteiger partial charge in [-0.1, -0.05) is 23.4 Å². The van der Waals surface area contributed by atoms with Gasteiger partial charge >= 0.3 is 0 Å². The summed E-state index contributed by atoms with van der Waals surface area (Å²) in [5.41, 5.74) is 13.3. The molecule has 0 aromatic heterocycles. The van der Waals surface area contributed by atoms with Crippen LogP contribution in [0.4, 0.5) is 5.69 Å². The molecule has 13 heavy (non-hydrogen) atoms. The van der Waals surface area contributed by atoms with Crippen molar-refractivity contribution < 1.29 is 0 Å². The number of nitrogens with two attached hydrogens (primary N) is 2. The molecular weight excluding hydrogens is 184 g/mol. The lowest BCUT2D eigenvalue weighted by molar-refractivity contribution is 1.30. The first-order valence-corrected chi connectivity index (χ1v) is 4.27. The Morgan fingerprint density at radius 2 is 2.15 bits per heavy atom. The molecule has 0 aliphatic heterocycles. The molecule has 0 radical (unpaired) electrons. The number of hydrogen-bond donors (Lipinski definition) is 2. The molecule has 3 heteroatoms. The molecule has 0 spiro atoms. The Kier molecular flexibility index (Phi) is 3.18. The molecule has 4 N–H and O–H groups in total. The molecular formula is C10H11ClN2. The van der Waals surface area contributed by atoms with Gasteiger partial charge in [0.15, 0.2) is 0 Å². The van der Waals surface area contributed by atoms with Crippen LogP contribution in [0.25, 0.3) is 0 Å². The van der Waals surface area contributed by atoms with Crippen molar-refractivity contribution in [1.82, 2.24) is 0 Å². The van der Waals surface area contributed by atoms with Crippen LogP contribution in [0.3, 0.4) is 0 Å². The minimum atomic E-state index is 0.348. The molecule has 2 nitrogen and oxygen atoms in total. The van der Waals surface area contributed by atoms with Crippen LogP contribution in [-0.2, 0) is 0 Å². The molecule has 0 saturated carbocycles. The van der Waals surface area contributed by atoms with Crippen molar-refractivity contribution in [1.29, 1.82) is 0 Å². The third-order valence-electron chi connectivity index (χ3n) is 1.67. The summed E-state index contributed by atoms with van der Waals surface area (Å²) >= 11 is 5.87. The average Bonchev–Trinajstić information content (AvgIpc) is 2.10. The van der Waals surface area contributed by atoms with Gasteiger partial charge in [0.05, 0.1) is 17.3 Å². The molecule has 1 aromatic rings. The van der Waals surface area contributed by atoms with Crippen LogP contribution in [0.15, 0.2) is 12.1 Å². The topological polar surface area (TPSA) is 52.0 Å². The van der Waals surface area contributed by atoms with Crippen molar-refractivity contribution in [2.24, 2.45) is 5.73 Å². The minimum Gasteiger partial charge on any atom is -0.397 e. The highest BCUT2D eigenvalue weighted by molar-refractivity contribution is 6.33. The van der Waals surface area contributed by atoms with Gasteiger partial charge < -0.3 is 11.5 Å². The Morgan fingerprint density at radius 1 is 1.46 bits per heavy atom. The quantitative estimate of drug-likeness (QED) is 0.486. The third-order valence-corrected chi connectivity index (χ3v) is 1.98. The van der Waals surface area contributed by atoms with Crippen molar-refractivity contribution in [2.45, 2.75) is 6.92 Å². The lowest BCUT2D eigenvalue weighted by atomic mass is 10.1. The fourth-order valence-corrected chi connectivity index (χ4v) is 1.25. The number of halogens is 1. The van der Waals surface area contributed by atoms with Crippen LogP contribution in [0.2, 0.25) is 5.02 Å². The lowest BCUT2D eigenvalue weighted by Gasteiger charge is -2.02. The van der Waals surface area contributed by atoms with E-state index in [4.69, 9.17) is 23.1 Å². The zero-order valence-electron chi connectivity index (χ0n) is 7.39. The predicted octanol–water partition coefficient (Wildman–Crippen LogP) is 1.54. The summed E-state index contributed by atoms with van der Waals surface area (Å²) in [4.78, 5) is 0. The van der Waals surface area contributed by atoms with Crippen LogP contribution in [0, 0.1) is 18.8 Å². The molecule has 0 heterocycles. The Balaban J connectivity index is 3.13. The maximum atomic E-state index is 5.87. The van der Waals surface area contributed by atoms with Crippen molar-refractivity contribution >= 4 is 17.3 Å². The highest BCUT2D eigenvalue weighted by Crippen LogP contribution is 2.23. The minimum absolute atomic E-state index is 0.348. The third kappa shape index (κ3) is 2.38. The Labute approximate surface area is 82.9 Å². The summed E-state index contributed by atoms with van der Waals surface area (Å²) in [6, 6.07) is 3.64. The summed E-state index contributed by atoms with van der Waals surface area (Å²) in [6.45, 7) is 2.25. The van der Waals surface area contributed by atoms with Gasteiger partial charge in [-0.05, 0) is 24.6 Å². The molecule has 0 aliphatic rings. The van der Waals surface area contributed by atoms with Gasteiger partial charge in [0.25, 0.3) is 0 Å². The molecule has 68 valence electrons. The summed E-state index contributed by atoms with van der Waals surface area (Å²) in [5, 5.41) is 0.543. The normalized spacial score (nSPS) is 9.15. The largest absolute Gasteiger partial charge is 0.397 e. The van der Waals surface area contributed by atoms with E-state index in [1.165, 1.54) is 0 Å². The first kappa shape index (κ1) is 9.91. The van der Waals surface area contributed by atoms with Gasteiger partial charge in [0, 0.05) is 5.56 Å². The molecule has 0 saturated heterocycles. The summed E-state index contributed by atoms with van der Waals surface area (Å²) < 4.78 is 0. The zero-order chi connectivity index (χ0) is 9.84. The van der Waals surface area contributed by atoms with E-state index in [2.05, 4.69) is 11.8 Å². The van der Waals surface area contributed by atoms with Crippen molar-refractivity contribution in [2.75, 3.05) is 12.3 Å². The SMILES string of the molecule is Cc1cc(C#CCN)cc(Cl)c1N. The predicted molar refractivity (Wildman–Crippen MR) is 56.5 cm³/mol. The number of rotatable bonds is 0. The molecule has 0 unspecified atom stereocenters. The molecule has 0 fully saturated rings. The number of nitrogen functional groups attached to an aromatic ring is 1. The molecule has 0 aliphatic carbocycles. The Morgan fingerprint density at radius 3 is 2.69 bits per heavy atom. The van der Waals surface area contributed by atoms with Crippen molar-refractivity contribution in [3.63, 3.8) is 0 Å². The number of benzene rings is 1. The van der Waals surface area contributed by atoms with Crippen LogP contribution in [0.1, 0.15) is 11.1 Å². The summed E-state index contributed by atoms with van der Waals surface area (Å²) in [6.07, 6.45) is 0. The summed E-state index contributed by atoms with van der Waals surface area (Å²) in [7, 11) is 0. The zero-order valence-corrected chi connectivity index (χ0v) is 8.15. The number of aryl methyl sites for hydroxylation is 1. The number of hydrogen-bond acceptors (Lipinski definition) is 2. The van der Waals surface area contributed by atoms with Crippen LogP contribution in [-0.4, -0.2) is 6.54 Å². The second-order valence-corrected chi connectivity index (χ2v) is 3.10. The monoisotopic (exact) mass is 194 g/mol. The van der Waals surface area contributed by atoms with Gasteiger partial charge in [-0.2, -0.15) is 0 Å². The molecule has 1 rings (SSSR count). The highest BCUT2D eigenvalue weighted by atomic mass is 35.5. The fourth-order valence-electron chi connectivity index (χ4n) is 0.981. The molecule has 1 aromatic carbocycles. The first-order chi connectivity index (χ1) is 6.15. The van der Waals surface area contributed by atoms with Gasteiger partial charge in [-0.3, -0.25) is 0 Å². The Bertz CT molecular complexity index is 351. The van der Waals surface area contributed by atoms with E-state index in [9.17, 15) is 0 Å². The maximum absolute atomic E-state index is 5.87. The van der Waals surface area contributed by atoms with Gasteiger partial charge in [0.1, 0.15) is 0 Å². The Hall–Kier alpha value is -1.17. The van der Waals surface area contributed by atoms with Crippen molar-refractivity contribution in [3.8, 4) is 11.8 Å². The van der Waals surface area contributed by atoms with Crippen LogP contribution >= 0.6 is 11.6 Å². The second kappa shape index (κ2) is 4.18. The van der Waals surface area contributed by atoms with E-state index >= 15 is 0 Å². The average molecular weight is 195 g/mol. The standard InChI is InChI=1S/C10H11ClN2/c1-7-5-8(3-2-4-12)6-9(11)10(7)13/h5-6H,4,12-13H2,1H3. The van der Waals surface area contributed by atoms with Gasteiger partial charge in [-0.25, -0.2) is 0 Å². The maximum Gasteiger partial charge on any atom is 0.0650 e.